The van der Waals surface area contributed by atoms with Crippen LogP contribution in [0.2, 0.25) is 0 Å². The zero-order valence-corrected chi connectivity index (χ0v) is 12.2. The van der Waals surface area contributed by atoms with Gasteiger partial charge in [-0.05, 0) is 18.8 Å². The summed E-state index contributed by atoms with van der Waals surface area (Å²) in [5.74, 6) is 1.08. The molecule has 0 radical (unpaired) electrons. The van der Waals surface area contributed by atoms with Gasteiger partial charge in [-0.3, -0.25) is 9.69 Å². The highest BCUT2D eigenvalue weighted by molar-refractivity contribution is 5.78. The molecule has 4 nitrogen and oxygen atoms in total. The van der Waals surface area contributed by atoms with Gasteiger partial charge in [0.15, 0.2) is 0 Å². The molecule has 0 aromatic rings. The molecule has 0 aromatic heterocycles. The number of carbonyl (C=O) groups excluding carboxylic acids is 1. The molecule has 0 bridgehead atoms. The van der Waals surface area contributed by atoms with Gasteiger partial charge < -0.3 is 9.64 Å². The molecule has 2 heterocycles. The van der Waals surface area contributed by atoms with Crippen LogP contribution in [-0.4, -0.2) is 61.6 Å². The van der Waals surface area contributed by atoms with Crippen molar-refractivity contribution in [1.29, 1.82) is 0 Å². The third-order valence-corrected chi connectivity index (χ3v) is 3.60. The van der Waals surface area contributed by atoms with Gasteiger partial charge in [0.1, 0.15) is 0 Å². The zero-order chi connectivity index (χ0) is 13.4. The molecule has 1 amide bonds. The van der Waals surface area contributed by atoms with Crippen molar-refractivity contribution in [1.82, 2.24) is 9.80 Å². The Morgan fingerprint density at radius 3 is 2.22 bits per heavy atom. The highest BCUT2D eigenvalue weighted by Gasteiger charge is 2.22. The van der Waals surface area contributed by atoms with Crippen LogP contribution < -0.4 is 0 Å². The van der Waals surface area contributed by atoms with E-state index >= 15 is 0 Å². The lowest BCUT2D eigenvalue weighted by molar-refractivity contribution is -0.134. The number of hydrogen-bond acceptors (Lipinski definition) is 3. The Morgan fingerprint density at radius 2 is 1.67 bits per heavy atom. The maximum atomic E-state index is 12.0. The number of amides is 1. The van der Waals surface area contributed by atoms with Crippen molar-refractivity contribution < 1.29 is 9.53 Å². The number of morpholine rings is 1. The summed E-state index contributed by atoms with van der Waals surface area (Å²) >= 11 is 0. The number of carbonyl (C=O) groups is 1. The first-order valence-corrected chi connectivity index (χ1v) is 7.33. The van der Waals surface area contributed by atoms with Gasteiger partial charge >= 0.3 is 0 Å². The molecule has 2 aliphatic heterocycles. The Labute approximate surface area is 111 Å². The largest absolute Gasteiger partial charge is 0.379 e. The summed E-state index contributed by atoms with van der Waals surface area (Å²) in [5.41, 5.74) is 0. The van der Waals surface area contributed by atoms with E-state index in [0.29, 0.717) is 12.5 Å². The van der Waals surface area contributed by atoms with E-state index < -0.39 is 0 Å². The zero-order valence-electron chi connectivity index (χ0n) is 12.2. The summed E-state index contributed by atoms with van der Waals surface area (Å²) in [6.45, 7) is 12.1. The minimum absolute atomic E-state index is 0.300. The summed E-state index contributed by atoms with van der Waals surface area (Å²) in [6, 6.07) is 0. The molecule has 4 heteroatoms. The van der Waals surface area contributed by atoms with Gasteiger partial charge in [-0.2, -0.15) is 0 Å². The fourth-order valence-corrected chi connectivity index (χ4v) is 2.31. The number of hydrogen-bond donors (Lipinski definition) is 0. The minimum Gasteiger partial charge on any atom is -0.379 e. The van der Waals surface area contributed by atoms with Crippen LogP contribution in [0.15, 0.2) is 0 Å². The first kappa shape index (κ1) is 15.4. The van der Waals surface area contributed by atoms with Gasteiger partial charge in [0.25, 0.3) is 0 Å². The molecule has 0 N–H and O–H groups in total. The van der Waals surface area contributed by atoms with Gasteiger partial charge in [-0.1, -0.05) is 20.8 Å². The summed E-state index contributed by atoms with van der Waals surface area (Å²) < 4.78 is 5.27. The Bertz CT molecular complexity index is 232. The number of piperidine rings is 1. The molecule has 0 aromatic carbocycles. The van der Waals surface area contributed by atoms with Crippen molar-refractivity contribution in [3.63, 3.8) is 0 Å². The number of rotatable bonds is 2. The number of likely N-dealkylation sites (tertiary alicyclic amines) is 1. The molecule has 2 fully saturated rings. The molecule has 0 unspecified atom stereocenters. The minimum atomic E-state index is 0.300. The monoisotopic (exact) mass is 256 g/mol. The second kappa shape index (κ2) is 8.48. The molecular formula is C14H28N2O2. The highest BCUT2D eigenvalue weighted by Crippen LogP contribution is 2.16. The van der Waals surface area contributed by atoms with Crippen LogP contribution in [0, 0.1) is 5.92 Å². The second-order valence-corrected chi connectivity index (χ2v) is 4.95. The SMILES string of the molecule is CC.CC1CCN(C(=O)CN2CCOCC2)CC1. The molecule has 18 heavy (non-hydrogen) atoms. The average molecular weight is 256 g/mol. The fourth-order valence-electron chi connectivity index (χ4n) is 2.31. The Balaban J connectivity index is 0.000000771. The molecular weight excluding hydrogens is 228 g/mol. The Hall–Kier alpha value is -0.610. The topological polar surface area (TPSA) is 32.8 Å². The predicted octanol–water partition coefficient (Wildman–Crippen LogP) is 1.60. The molecule has 106 valence electrons. The second-order valence-electron chi connectivity index (χ2n) is 4.95. The Morgan fingerprint density at radius 1 is 1.11 bits per heavy atom. The van der Waals surface area contributed by atoms with Crippen LogP contribution in [0.1, 0.15) is 33.6 Å². The van der Waals surface area contributed by atoms with Crippen molar-refractivity contribution in [3.05, 3.63) is 0 Å². The van der Waals surface area contributed by atoms with Crippen LogP contribution >= 0.6 is 0 Å². The molecule has 0 saturated carbocycles. The summed E-state index contributed by atoms with van der Waals surface area (Å²) in [7, 11) is 0. The van der Waals surface area contributed by atoms with Crippen LogP contribution in [0.25, 0.3) is 0 Å². The van der Waals surface area contributed by atoms with E-state index in [2.05, 4.69) is 11.8 Å². The van der Waals surface area contributed by atoms with Crippen molar-refractivity contribution in [2.24, 2.45) is 5.92 Å². The lowest BCUT2D eigenvalue weighted by Gasteiger charge is -2.33. The van der Waals surface area contributed by atoms with Crippen molar-refractivity contribution in [2.75, 3.05) is 45.9 Å². The summed E-state index contributed by atoms with van der Waals surface area (Å²) in [6.07, 6.45) is 2.32. The van der Waals surface area contributed by atoms with Gasteiger partial charge in [-0.25, -0.2) is 0 Å². The molecule has 2 aliphatic rings. The summed E-state index contributed by atoms with van der Waals surface area (Å²) in [4.78, 5) is 16.2. The molecule has 2 rings (SSSR count). The van der Waals surface area contributed by atoms with Crippen LogP contribution in [0.3, 0.4) is 0 Å². The highest BCUT2D eigenvalue weighted by atomic mass is 16.5. The van der Waals surface area contributed by atoms with Crippen molar-refractivity contribution in [3.8, 4) is 0 Å². The van der Waals surface area contributed by atoms with Crippen molar-refractivity contribution >= 4 is 5.91 Å². The van der Waals surface area contributed by atoms with E-state index in [4.69, 9.17) is 4.74 Å². The molecule has 0 atom stereocenters. The fraction of sp³-hybridized carbons (Fsp3) is 0.929. The maximum absolute atomic E-state index is 12.0. The van der Waals surface area contributed by atoms with E-state index in [0.717, 1.165) is 58.2 Å². The van der Waals surface area contributed by atoms with Crippen LogP contribution in [0.5, 0.6) is 0 Å². The smallest absolute Gasteiger partial charge is 0.236 e. The van der Waals surface area contributed by atoms with E-state index in [1.54, 1.807) is 0 Å². The van der Waals surface area contributed by atoms with E-state index in [-0.39, 0.29) is 0 Å². The normalized spacial score (nSPS) is 22.3. The van der Waals surface area contributed by atoms with Crippen molar-refractivity contribution in [2.45, 2.75) is 33.6 Å². The van der Waals surface area contributed by atoms with E-state index in [1.165, 1.54) is 0 Å². The number of ether oxygens (including phenoxy) is 1. The molecule has 0 spiro atoms. The Kier molecular flexibility index (Phi) is 7.28. The number of nitrogens with zero attached hydrogens (tertiary/aromatic N) is 2. The quantitative estimate of drug-likeness (QED) is 0.752. The van der Waals surface area contributed by atoms with Crippen LogP contribution in [0.4, 0.5) is 0 Å². The van der Waals surface area contributed by atoms with Gasteiger partial charge in [0, 0.05) is 26.2 Å². The van der Waals surface area contributed by atoms with E-state index in [1.807, 2.05) is 18.7 Å². The van der Waals surface area contributed by atoms with Gasteiger partial charge in [-0.15, -0.1) is 0 Å². The third-order valence-electron chi connectivity index (χ3n) is 3.60. The first-order chi connectivity index (χ1) is 8.75. The summed E-state index contributed by atoms with van der Waals surface area (Å²) in [5, 5.41) is 0. The standard InChI is InChI=1S/C12H22N2O2.C2H6/c1-11-2-4-14(5-3-11)12(15)10-13-6-8-16-9-7-13;1-2/h11H,2-10H2,1H3;1-2H3. The van der Waals surface area contributed by atoms with E-state index in [9.17, 15) is 4.79 Å². The molecule has 2 saturated heterocycles. The molecule has 0 aliphatic carbocycles. The van der Waals surface area contributed by atoms with Gasteiger partial charge in [0.2, 0.25) is 5.91 Å². The van der Waals surface area contributed by atoms with Crippen LogP contribution in [-0.2, 0) is 9.53 Å². The lowest BCUT2D eigenvalue weighted by atomic mass is 9.99. The maximum Gasteiger partial charge on any atom is 0.236 e. The lowest BCUT2D eigenvalue weighted by Crippen LogP contribution is -2.46. The predicted molar refractivity (Wildman–Crippen MR) is 73.6 cm³/mol. The average Bonchev–Trinajstić information content (AvgIpc) is 2.43. The van der Waals surface area contributed by atoms with Gasteiger partial charge in [0.05, 0.1) is 19.8 Å². The third kappa shape index (κ3) is 4.94. The first-order valence-electron chi connectivity index (χ1n) is 7.33.